The van der Waals surface area contributed by atoms with E-state index in [4.69, 9.17) is 11.6 Å². The predicted molar refractivity (Wildman–Crippen MR) is 45.8 cm³/mol. The molecule has 0 aromatic carbocycles. The maximum Gasteiger partial charge on any atom is 0.408 e. The zero-order chi connectivity index (χ0) is 9.42. The SMILES string of the molecule is O=[N+]([O-])c1nn(C2CNC2)cc1Cl. The number of nitrogens with zero attached hydrogens (tertiary/aromatic N) is 3. The third kappa shape index (κ3) is 1.38. The Balaban J connectivity index is 2.28. The van der Waals surface area contributed by atoms with E-state index in [1.54, 1.807) is 0 Å². The zero-order valence-electron chi connectivity index (χ0n) is 6.61. The molecule has 13 heavy (non-hydrogen) atoms. The second kappa shape index (κ2) is 2.97. The Morgan fingerprint density at radius 2 is 2.46 bits per heavy atom. The van der Waals surface area contributed by atoms with Crippen LogP contribution in [0.15, 0.2) is 6.20 Å². The molecule has 1 fully saturated rings. The fraction of sp³-hybridized carbons (Fsp3) is 0.500. The Labute approximate surface area is 78.6 Å². The maximum absolute atomic E-state index is 10.4. The van der Waals surface area contributed by atoms with Gasteiger partial charge in [-0.25, -0.2) is 0 Å². The first-order valence-corrected chi connectivity index (χ1v) is 4.16. The quantitative estimate of drug-likeness (QED) is 0.563. The Morgan fingerprint density at radius 3 is 2.85 bits per heavy atom. The number of rotatable bonds is 2. The van der Waals surface area contributed by atoms with Crippen LogP contribution in [0.5, 0.6) is 0 Å². The van der Waals surface area contributed by atoms with Crippen molar-refractivity contribution in [1.82, 2.24) is 15.1 Å². The van der Waals surface area contributed by atoms with E-state index in [0.29, 0.717) is 0 Å². The van der Waals surface area contributed by atoms with E-state index in [0.717, 1.165) is 13.1 Å². The first kappa shape index (κ1) is 8.46. The first-order valence-electron chi connectivity index (χ1n) is 3.78. The van der Waals surface area contributed by atoms with Crippen molar-refractivity contribution in [1.29, 1.82) is 0 Å². The summed E-state index contributed by atoms with van der Waals surface area (Å²) >= 11 is 5.62. The average Bonchev–Trinajstić information content (AvgIpc) is 2.27. The van der Waals surface area contributed by atoms with Crippen LogP contribution in [0, 0.1) is 10.1 Å². The van der Waals surface area contributed by atoms with Gasteiger partial charge >= 0.3 is 5.82 Å². The lowest BCUT2D eigenvalue weighted by Crippen LogP contribution is -2.43. The molecule has 0 bridgehead atoms. The average molecular weight is 203 g/mol. The summed E-state index contributed by atoms with van der Waals surface area (Å²) in [5, 5.41) is 17.3. The highest BCUT2D eigenvalue weighted by molar-refractivity contribution is 6.32. The summed E-state index contributed by atoms with van der Waals surface area (Å²) in [5.41, 5.74) is 0. The topological polar surface area (TPSA) is 73.0 Å². The summed E-state index contributed by atoms with van der Waals surface area (Å²) in [6.45, 7) is 1.57. The third-order valence-corrected chi connectivity index (χ3v) is 2.24. The van der Waals surface area contributed by atoms with Gasteiger partial charge < -0.3 is 15.4 Å². The van der Waals surface area contributed by atoms with Crippen molar-refractivity contribution in [2.75, 3.05) is 13.1 Å². The smallest absolute Gasteiger partial charge is 0.358 e. The molecule has 7 heteroatoms. The summed E-state index contributed by atoms with van der Waals surface area (Å²) in [7, 11) is 0. The molecule has 2 heterocycles. The van der Waals surface area contributed by atoms with Gasteiger partial charge in [0.15, 0.2) is 5.02 Å². The van der Waals surface area contributed by atoms with Crippen molar-refractivity contribution in [3.63, 3.8) is 0 Å². The number of nitrogens with one attached hydrogen (secondary N) is 1. The molecular weight excluding hydrogens is 196 g/mol. The Kier molecular flexibility index (Phi) is 1.93. The lowest BCUT2D eigenvalue weighted by molar-refractivity contribution is -0.389. The molecule has 1 aliphatic rings. The molecule has 0 unspecified atom stereocenters. The van der Waals surface area contributed by atoms with Crippen molar-refractivity contribution in [3.8, 4) is 0 Å². The van der Waals surface area contributed by atoms with E-state index in [1.807, 2.05) is 0 Å². The van der Waals surface area contributed by atoms with Gasteiger partial charge in [-0.2, -0.15) is 4.68 Å². The number of hydrogen-bond donors (Lipinski definition) is 1. The summed E-state index contributed by atoms with van der Waals surface area (Å²) in [6.07, 6.45) is 1.49. The van der Waals surface area contributed by atoms with Crippen LogP contribution in [0.2, 0.25) is 5.02 Å². The Morgan fingerprint density at radius 1 is 1.77 bits per heavy atom. The molecule has 0 atom stereocenters. The van der Waals surface area contributed by atoms with E-state index in [9.17, 15) is 10.1 Å². The lowest BCUT2D eigenvalue weighted by atomic mass is 10.2. The molecule has 0 spiro atoms. The predicted octanol–water partition coefficient (Wildman–Crippen LogP) is 0.589. The third-order valence-electron chi connectivity index (χ3n) is 1.98. The van der Waals surface area contributed by atoms with Gasteiger partial charge in [-0.15, -0.1) is 0 Å². The van der Waals surface area contributed by atoms with E-state index in [-0.39, 0.29) is 16.9 Å². The first-order chi connectivity index (χ1) is 6.18. The van der Waals surface area contributed by atoms with Crippen LogP contribution < -0.4 is 5.32 Å². The van der Waals surface area contributed by atoms with Gasteiger partial charge in [0.05, 0.1) is 17.3 Å². The van der Waals surface area contributed by atoms with Gasteiger partial charge in [-0.3, -0.25) is 0 Å². The van der Waals surface area contributed by atoms with E-state index in [1.165, 1.54) is 10.9 Å². The number of halogens is 1. The second-order valence-electron chi connectivity index (χ2n) is 2.85. The standard InChI is InChI=1S/C6H7ClN4O2/c7-5-3-10(4-1-8-2-4)9-6(5)11(12)13/h3-4,8H,1-2H2. The molecule has 2 rings (SSSR count). The number of nitro groups is 1. The van der Waals surface area contributed by atoms with Crippen molar-refractivity contribution < 1.29 is 4.92 Å². The molecule has 1 aromatic heterocycles. The van der Waals surface area contributed by atoms with Gasteiger partial charge in [0.1, 0.15) is 0 Å². The minimum atomic E-state index is -0.578. The molecule has 70 valence electrons. The zero-order valence-corrected chi connectivity index (χ0v) is 7.36. The van der Waals surface area contributed by atoms with Crippen molar-refractivity contribution in [2.24, 2.45) is 0 Å². The fourth-order valence-corrected chi connectivity index (χ4v) is 1.34. The minimum Gasteiger partial charge on any atom is -0.358 e. The Bertz CT molecular complexity index is 346. The molecule has 1 aliphatic heterocycles. The normalized spacial score (nSPS) is 17.0. The van der Waals surface area contributed by atoms with Gasteiger partial charge in [-0.1, -0.05) is 11.6 Å². The summed E-state index contributed by atoms with van der Waals surface area (Å²) in [6, 6.07) is 0.200. The van der Waals surface area contributed by atoms with E-state index in [2.05, 4.69) is 10.4 Å². The summed E-state index contributed by atoms with van der Waals surface area (Å²) in [5.74, 6) is -0.270. The van der Waals surface area contributed by atoms with Crippen LogP contribution in [-0.4, -0.2) is 27.8 Å². The maximum atomic E-state index is 10.4. The highest BCUT2D eigenvalue weighted by Gasteiger charge is 2.27. The van der Waals surface area contributed by atoms with Crippen LogP contribution in [0.25, 0.3) is 0 Å². The molecule has 1 saturated heterocycles. The molecule has 0 aliphatic carbocycles. The minimum absolute atomic E-state index is 0.0944. The summed E-state index contributed by atoms with van der Waals surface area (Å²) < 4.78 is 1.54. The largest absolute Gasteiger partial charge is 0.408 e. The highest BCUT2D eigenvalue weighted by atomic mass is 35.5. The van der Waals surface area contributed by atoms with Crippen molar-refractivity contribution in [2.45, 2.75) is 6.04 Å². The van der Waals surface area contributed by atoms with Crippen LogP contribution in [0.1, 0.15) is 6.04 Å². The molecule has 6 nitrogen and oxygen atoms in total. The molecular formula is C6H7ClN4O2. The second-order valence-corrected chi connectivity index (χ2v) is 3.26. The van der Waals surface area contributed by atoms with Gasteiger partial charge in [0, 0.05) is 13.1 Å². The molecule has 1 aromatic rings. The number of hydrogen-bond acceptors (Lipinski definition) is 4. The lowest BCUT2D eigenvalue weighted by Gasteiger charge is -2.24. The van der Waals surface area contributed by atoms with Gasteiger partial charge in [0.25, 0.3) is 0 Å². The van der Waals surface area contributed by atoms with Crippen LogP contribution >= 0.6 is 11.6 Å². The van der Waals surface area contributed by atoms with Gasteiger partial charge in [-0.05, 0) is 4.92 Å². The molecule has 1 N–H and O–H groups in total. The van der Waals surface area contributed by atoms with Crippen molar-refractivity contribution >= 4 is 17.4 Å². The van der Waals surface area contributed by atoms with Crippen LogP contribution in [-0.2, 0) is 0 Å². The highest BCUT2D eigenvalue weighted by Crippen LogP contribution is 2.24. The summed E-state index contributed by atoms with van der Waals surface area (Å²) in [4.78, 5) is 9.82. The van der Waals surface area contributed by atoms with Gasteiger partial charge in [0.2, 0.25) is 0 Å². The van der Waals surface area contributed by atoms with Crippen molar-refractivity contribution in [3.05, 3.63) is 21.3 Å². The Hall–Kier alpha value is -1.14. The van der Waals surface area contributed by atoms with E-state index >= 15 is 0 Å². The van der Waals surface area contributed by atoms with Crippen LogP contribution in [0.3, 0.4) is 0 Å². The molecule has 0 saturated carbocycles. The van der Waals surface area contributed by atoms with E-state index < -0.39 is 4.92 Å². The molecule has 0 radical (unpaired) electrons. The van der Waals surface area contributed by atoms with Crippen LogP contribution in [0.4, 0.5) is 5.82 Å². The number of aromatic nitrogens is 2. The molecule has 0 amide bonds. The monoisotopic (exact) mass is 202 g/mol. The fourth-order valence-electron chi connectivity index (χ4n) is 1.13.